The first-order valence-electron chi connectivity index (χ1n) is 9.45. The summed E-state index contributed by atoms with van der Waals surface area (Å²) in [5.74, 6) is 0. The van der Waals surface area contributed by atoms with Crippen LogP contribution in [0.5, 0.6) is 0 Å². The van der Waals surface area contributed by atoms with Gasteiger partial charge in [-0.2, -0.15) is 9.40 Å². The largest absolute Gasteiger partial charge is 0.299 e. The van der Waals surface area contributed by atoms with E-state index < -0.39 is 10.0 Å². The molecule has 0 amide bonds. The van der Waals surface area contributed by atoms with Crippen LogP contribution in [0.15, 0.2) is 41.6 Å². The molecule has 2 aromatic rings. The van der Waals surface area contributed by atoms with Crippen molar-refractivity contribution in [1.29, 1.82) is 0 Å². The van der Waals surface area contributed by atoms with Gasteiger partial charge in [0.1, 0.15) is 0 Å². The van der Waals surface area contributed by atoms with Crippen LogP contribution in [-0.2, 0) is 29.4 Å². The van der Waals surface area contributed by atoms with Crippen LogP contribution in [0.3, 0.4) is 0 Å². The van der Waals surface area contributed by atoms with Crippen LogP contribution in [0.25, 0.3) is 0 Å². The summed E-state index contributed by atoms with van der Waals surface area (Å²) >= 11 is 0. The molecule has 7 heteroatoms. The molecule has 2 aliphatic rings. The lowest BCUT2D eigenvalue weighted by Crippen LogP contribution is -2.49. The Balaban J connectivity index is 1.38. The molecule has 0 unspecified atom stereocenters. The monoisotopic (exact) mass is 374 g/mol. The molecule has 26 heavy (non-hydrogen) atoms. The number of sulfonamides is 1. The second-order valence-corrected chi connectivity index (χ2v) is 9.09. The number of hydrogen-bond acceptors (Lipinski definition) is 4. The van der Waals surface area contributed by atoms with Gasteiger partial charge >= 0.3 is 0 Å². The third-order valence-corrected chi connectivity index (χ3v) is 7.39. The number of aryl methyl sites for hydroxylation is 2. The van der Waals surface area contributed by atoms with Gasteiger partial charge in [-0.3, -0.25) is 9.58 Å². The number of fused-ring (bicyclic) bond motifs is 1. The highest BCUT2D eigenvalue weighted by atomic mass is 32.2. The molecule has 1 aliphatic heterocycles. The number of aromatic nitrogens is 2. The second kappa shape index (κ2) is 7.50. The van der Waals surface area contributed by atoms with E-state index in [-0.39, 0.29) is 0 Å². The van der Waals surface area contributed by atoms with Crippen molar-refractivity contribution in [3.05, 3.63) is 47.8 Å². The Hall–Kier alpha value is -1.70. The van der Waals surface area contributed by atoms with Gasteiger partial charge in [-0.15, -0.1) is 0 Å². The normalized spacial score (nSPS) is 19.4. The van der Waals surface area contributed by atoms with E-state index in [1.54, 1.807) is 16.6 Å². The minimum absolute atomic E-state index is 0.461. The molecule has 1 saturated heterocycles. The van der Waals surface area contributed by atoms with Crippen molar-refractivity contribution in [2.75, 3.05) is 32.7 Å². The molecular weight excluding hydrogens is 348 g/mol. The fraction of sp³-hybridized carbons (Fsp3) is 0.526. The summed E-state index contributed by atoms with van der Waals surface area (Å²) < 4.78 is 29.6. The van der Waals surface area contributed by atoms with E-state index in [0.717, 1.165) is 45.4 Å². The highest BCUT2D eigenvalue weighted by molar-refractivity contribution is 7.89. The van der Waals surface area contributed by atoms with Gasteiger partial charge in [-0.05, 0) is 55.0 Å². The molecule has 0 radical (unpaired) electrons. The lowest BCUT2D eigenvalue weighted by atomic mass is 9.92. The summed E-state index contributed by atoms with van der Waals surface area (Å²) in [6, 6.07) is 7.64. The zero-order chi connectivity index (χ0) is 18.0. The van der Waals surface area contributed by atoms with Crippen LogP contribution >= 0.6 is 0 Å². The Bertz CT molecular complexity index is 840. The molecule has 4 rings (SSSR count). The van der Waals surface area contributed by atoms with Gasteiger partial charge in [0.25, 0.3) is 0 Å². The first-order valence-corrected chi connectivity index (χ1v) is 10.9. The van der Waals surface area contributed by atoms with E-state index in [9.17, 15) is 8.42 Å². The smallest absolute Gasteiger partial charge is 0.243 e. The Labute approximate surface area is 155 Å². The number of nitrogens with zero attached hydrogens (tertiary/aromatic N) is 4. The zero-order valence-corrected chi connectivity index (χ0v) is 15.9. The highest BCUT2D eigenvalue weighted by Crippen LogP contribution is 2.26. The lowest BCUT2D eigenvalue weighted by molar-refractivity contribution is 0.181. The summed E-state index contributed by atoms with van der Waals surface area (Å²) in [6.07, 6.45) is 8.18. The van der Waals surface area contributed by atoms with Crippen LogP contribution in [0, 0.1) is 0 Å². The average molecular weight is 375 g/mol. The van der Waals surface area contributed by atoms with Gasteiger partial charge in [0.2, 0.25) is 10.0 Å². The first kappa shape index (κ1) is 17.7. The SMILES string of the molecule is O=S(=O)(c1ccc2c(c1)CCCC2)N1CCN(CCn2cccn2)CC1. The number of piperazine rings is 1. The predicted octanol–water partition coefficient (Wildman–Crippen LogP) is 1.77. The maximum Gasteiger partial charge on any atom is 0.243 e. The van der Waals surface area contributed by atoms with E-state index >= 15 is 0 Å². The maximum atomic E-state index is 13.0. The quantitative estimate of drug-likeness (QED) is 0.800. The standard InChI is InChI=1S/C19H26N4O2S/c24-26(25,19-7-6-17-4-1-2-5-18(17)16-19)23-14-11-21(12-15-23)10-13-22-9-3-8-20-22/h3,6-9,16H,1-2,4-5,10-15H2. The minimum Gasteiger partial charge on any atom is -0.299 e. The fourth-order valence-electron chi connectivity index (χ4n) is 3.89. The van der Waals surface area contributed by atoms with Crippen LogP contribution in [-0.4, -0.2) is 60.1 Å². The Morgan fingerprint density at radius 3 is 2.46 bits per heavy atom. The van der Waals surface area contributed by atoms with Crippen molar-refractivity contribution in [2.45, 2.75) is 37.1 Å². The predicted molar refractivity (Wildman–Crippen MR) is 101 cm³/mol. The average Bonchev–Trinajstić information content (AvgIpc) is 3.20. The number of rotatable bonds is 5. The topological polar surface area (TPSA) is 58.4 Å². The third kappa shape index (κ3) is 3.70. The zero-order valence-electron chi connectivity index (χ0n) is 15.0. The number of hydrogen-bond donors (Lipinski definition) is 0. The van der Waals surface area contributed by atoms with E-state index in [1.807, 2.05) is 29.1 Å². The van der Waals surface area contributed by atoms with Crippen molar-refractivity contribution >= 4 is 10.0 Å². The van der Waals surface area contributed by atoms with Crippen LogP contribution in [0.4, 0.5) is 0 Å². The fourth-order valence-corrected chi connectivity index (χ4v) is 5.36. The second-order valence-electron chi connectivity index (χ2n) is 7.15. The highest BCUT2D eigenvalue weighted by Gasteiger charge is 2.29. The van der Waals surface area contributed by atoms with Gasteiger partial charge in [0, 0.05) is 45.1 Å². The lowest BCUT2D eigenvalue weighted by Gasteiger charge is -2.34. The third-order valence-electron chi connectivity index (χ3n) is 5.49. The molecule has 0 spiro atoms. The number of benzene rings is 1. The molecule has 1 aliphatic carbocycles. The van der Waals surface area contributed by atoms with E-state index in [0.29, 0.717) is 18.0 Å². The molecule has 0 bridgehead atoms. The maximum absolute atomic E-state index is 13.0. The minimum atomic E-state index is -3.39. The Morgan fingerprint density at radius 1 is 0.962 bits per heavy atom. The van der Waals surface area contributed by atoms with E-state index in [1.165, 1.54) is 17.5 Å². The molecule has 1 fully saturated rings. The van der Waals surface area contributed by atoms with Crippen LogP contribution in [0.1, 0.15) is 24.0 Å². The van der Waals surface area contributed by atoms with E-state index in [4.69, 9.17) is 0 Å². The summed E-state index contributed by atoms with van der Waals surface area (Å²) in [5.41, 5.74) is 2.54. The van der Waals surface area contributed by atoms with Crippen LogP contribution in [0.2, 0.25) is 0 Å². The van der Waals surface area contributed by atoms with Crippen molar-refractivity contribution < 1.29 is 8.42 Å². The molecular formula is C19H26N4O2S. The summed E-state index contributed by atoms with van der Waals surface area (Å²) in [5, 5.41) is 4.21. The van der Waals surface area contributed by atoms with Gasteiger partial charge < -0.3 is 0 Å². The van der Waals surface area contributed by atoms with Crippen molar-refractivity contribution in [3.63, 3.8) is 0 Å². The molecule has 0 N–H and O–H groups in total. The molecule has 1 aromatic heterocycles. The molecule has 2 heterocycles. The molecule has 1 aromatic carbocycles. The van der Waals surface area contributed by atoms with Gasteiger partial charge in [-0.25, -0.2) is 8.42 Å². The van der Waals surface area contributed by atoms with Crippen LogP contribution < -0.4 is 0 Å². The first-order chi connectivity index (χ1) is 12.6. The Kier molecular flexibility index (Phi) is 5.11. The van der Waals surface area contributed by atoms with Crippen molar-refractivity contribution in [2.24, 2.45) is 0 Å². The van der Waals surface area contributed by atoms with Gasteiger partial charge in [-0.1, -0.05) is 6.07 Å². The van der Waals surface area contributed by atoms with Gasteiger partial charge in [0.05, 0.1) is 11.4 Å². The summed E-state index contributed by atoms with van der Waals surface area (Å²) in [6.45, 7) is 4.38. The van der Waals surface area contributed by atoms with Crippen molar-refractivity contribution in [1.82, 2.24) is 19.0 Å². The molecule has 0 saturated carbocycles. The summed E-state index contributed by atoms with van der Waals surface area (Å²) in [4.78, 5) is 2.77. The van der Waals surface area contributed by atoms with Crippen molar-refractivity contribution in [3.8, 4) is 0 Å². The Morgan fingerprint density at radius 2 is 1.73 bits per heavy atom. The molecule has 140 valence electrons. The summed E-state index contributed by atoms with van der Waals surface area (Å²) in [7, 11) is -3.39. The van der Waals surface area contributed by atoms with Gasteiger partial charge in [0.15, 0.2) is 0 Å². The molecule has 6 nitrogen and oxygen atoms in total. The molecule has 0 atom stereocenters. The van der Waals surface area contributed by atoms with E-state index in [2.05, 4.69) is 10.00 Å².